The first-order valence-corrected chi connectivity index (χ1v) is 6.84. The molecule has 1 aliphatic heterocycles. The first kappa shape index (κ1) is 12.7. The summed E-state index contributed by atoms with van der Waals surface area (Å²) < 4.78 is 33.7. The lowest BCUT2D eigenvalue weighted by Crippen LogP contribution is -2.26. The Kier molecular flexibility index (Phi) is 3.20. The monoisotopic (exact) mass is 273 g/mol. The highest BCUT2D eigenvalue weighted by Gasteiger charge is 2.34. The molecule has 6 nitrogen and oxygen atoms in total. The third-order valence-electron chi connectivity index (χ3n) is 2.76. The number of nitrogens with zero attached hydrogens (tertiary/aromatic N) is 2. The number of carbonyl (C=O) groups is 1. The predicted octanol–water partition coefficient (Wildman–Crippen LogP) is 0.316. The second-order valence-corrected chi connectivity index (χ2v) is 5.63. The topological polar surface area (TPSA) is 93.4 Å². The van der Waals surface area contributed by atoms with Gasteiger partial charge in [0.1, 0.15) is 0 Å². The molecule has 0 aromatic carbocycles. The Morgan fingerprint density at radius 1 is 1.56 bits per heavy atom. The smallest absolute Gasteiger partial charge is 0.302 e. The van der Waals surface area contributed by atoms with Crippen LogP contribution in [0.1, 0.15) is 6.42 Å². The molecule has 1 aromatic heterocycles. The first-order valence-electron chi connectivity index (χ1n) is 5.29. The SMILES string of the molecule is Nc1cnccc1N1CC(CS(=O)(=O)F)CC1=O. The van der Waals surface area contributed by atoms with Gasteiger partial charge in [-0.1, -0.05) is 0 Å². The molecule has 2 N–H and O–H groups in total. The number of halogens is 1. The van der Waals surface area contributed by atoms with Crippen molar-refractivity contribution >= 4 is 27.5 Å². The number of nitrogen functional groups attached to an aromatic ring is 1. The molecule has 2 rings (SSSR count). The number of hydrogen-bond acceptors (Lipinski definition) is 5. The maximum Gasteiger partial charge on any atom is 0.302 e. The Labute approximate surface area is 104 Å². The van der Waals surface area contributed by atoms with E-state index in [1.807, 2.05) is 0 Å². The number of pyridine rings is 1. The van der Waals surface area contributed by atoms with E-state index in [1.54, 1.807) is 6.07 Å². The molecule has 1 aromatic rings. The Bertz CT molecular complexity index is 575. The number of rotatable bonds is 3. The summed E-state index contributed by atoms with van der Waals surface area (Å²) in [5.41, 5.74) is 6.50. The van der Waals surface area contributed by atoms with E-state index in [2.05, 4.69) is 4.98 Å². The molecular weight excluding hydrogens is 261 g/mol. The van der Waals surface area contributed by atoms with Crippen molar-refractivity contribution in [2.45, 2.75) is 6.42 Å². The van der Waals surface area contributed by atoms with Gasteiger partial charge in [-0.05, 0) is 6.07 Å². The molecule has 1 amide bonds. The van der Waals surface area contributed by atoms with E-state index >= 15 is 0 Å². The zero-order chi connectivity index (χ0) is 13.3. The van der Waals surface area contributed by atoms with Gasteiger partial charge in [0, 0.05) is 25.1 Å². The molecule has 0 aliphatic carbocycles. The van der Waals surface area contributed by atoms with E-state index in [-0.39, 0.29) is 18.9 Å². The molecule has 0 spiro atoms. The van der Waals surface area contributed by atoms with Gasteiger partial charge in [-0.25, -0.2) is 0 Å². The summed E-state index contributed by atoms with van der Waals surface area (Å²) in [5, 5.41) is 0. The van der Waals surface area contributed by atoms with Crippen LogP contribution in [0.3, 0.4) is 0 Å². The minimum absolute atomic E-state index is 0.00487. The summed E-state index contributed by atoms with van der Waals surface area (Å²) in [7, 11) is -4.57. The molecule has 0 radical (unpaired) electrons. The fourth-order valence-electron chi connectivity index (χ4n) is 2.05. The highest BCUT2D eigenvalue weighted by atomic mass is 32.3. The van der Waals surface area contributed by atoms with Crippen molar-refractivity contribution in [3.63, 3.8) is 0 Å². The van der Waals surface area contributed by atoms with Gasteiger partial charge in [-0.3, -0.25) is 9.78 Å². The van der Waals surface area contributed by atoms with Crippen LogP contribution in [0, 0.1) is 5.92 Å². The standard InChI is InChI=1S/C10H12FN3O3S/c11-18(16,17)6-7-3-10(15)14(5-7)9-1-2-13-4-8(9)12/h1-2,4,7H,3,5-6,12H2. The van der Waals surface area contributed by atoms with Gasteiger partial charge in [-0.2, -0.15) is 8.42 Å². The fraction of sp³-hybridized carbons (Fsp3) is 0.400. The van der Waals surface area contributed by atoms with Crippen LogP contribution in [0.5, 0.6) is 0 Å². The van der Waals surface area contributed by atoms with Crippen LogP contribution in [0.2, 0.25) is 0 Å². The lowest BCUT2D eigenvalue weighted by Gasteiger charge is -2.17. The molecule has 2 heterocycles. The number of aromatic nitrogens is 1. The Morgan fingerprint density at radius 3 is 2.89 bits per heavy atom. The van der Waals surface area contributed by atoms with Gasteiger partial charge in [-0.15, -0.1) is 3.89 Å². The molecule has 18 heavy (non-hydrogen) atoms. The largest absolute Gasteiger partial charge is 0.396 e. The van der Waals surface area contributed by atoms with Crippen molar-refractivity contribution in [1.82, 2.24) is 4.98 Å². The highest BCUT2D eigenvalue weighted by Crippen LogP contribution is 2.29. The summed E-state index contributed by atoms with van der Waals surface area (Å²) in [6.45, 7) is 0.149. The van der Waals surface area contributed by atoms with Crippen molar-refractivity contribution < 1.29 is 17.1 Å². The van der Waals surface area contributed by atoms with Crippen LogP contribution in [0.4, 0.5) is 15.3 Å². The van der Waals surface area contributed by atoms with Gasteiger partial charge < -0.3 is 10.6 Å². The number of anilines is 2. The average Bonchev–Trinajstić information content (AvgIpc) is 2.57. The van der Waals surface area contributed by atoms with E-state index in [4.69, 9.17) is 5.73 Å². The maximum atomic E-state index is 12.6. The zero-order valence-electron chi connectivity index (χ0n) is 9.41. The number of hydrogen-bond donors (Lipinski definition) is 1. The average molecular weight is 273 g/mol. The summed E-state index contributed by atoms with van der Waals surface area (Å²) >= 11 is 0. The summed E-state index contributed by atoms with van der Waals surface area (Å²) in [6.07, 6.45) is 2.89. The van der Waals surface area contributed by atoms with E-state index < -0.39 is 21.9 Å². The molecule has 1 unspecified atom stereocenters. The van der Waals surface area contributed by atoms with Crippen molar-refractivity contribution in [1.29, 1.82) is 0 Å². The van der Waals surface area contributed by atoms with E-state index in [0.717, 1.165) is 0 Å². The van der Waals surface area contributed by atoms with Gasteiger partial charge in [0.2, 0.25) is 5.91 Å². The quantitative estimate of drug-likeness (QED) is 0.800. The normalized spacial score (nSPS) is 20.4. The number of carbonyl (C=O) groups excluding carboxylic acids is 1. The van der Waals surface area contributed by atoms with Crippen LogP contribution in [0.25, 0.3) is 0 Å². The molecule has 8 heteroatoms. The molecule has 1 atom stereocenters. The first-order chi connectivity index (χ1) is 8.37. The summed E-state index contributed by atoms with van der Waals surface area (Å²) in [4.78, 5) is 16.9. The fourth-order valence-corrected chi connectivity index (χ4v) is 2.84. The molecule has 0 bridgehead atoms. The molecule has 98 valence electrons. The predicted molar refractivity (Wildman–Crippen MR) is 64.0 cm³/mol. The number of nitrogens with two attached hydrogens (primary N) is 1. The van der Waals surface area contributed by atoms with E-state index in [0.29, 0.717) is 11.4 Å². The molecule has 0 saturated carbocycles. The van der Waals surface area contributed by atoms with Gasteiger partial charge in [0.25, 0.3) is 0 Å². The molecular formula is C10H12FN3O3S. The zero-order valence-corrected chi connectivity index (χ0v) is 10.2. The highest BCUT2D eigenvalue weighted by molar-refractivity contribution is 7.86. The van der Waals surface area contributed by atoms with Crippen molar-refractivity contribution in [3.05, 3.63) is 18.5 Å². The van der Waals surface area contributed by atoms with Gasteiger partial charge in [0.15, 0.2) is 0 Å². The second-order valence-electron chi connectivity index (χ2n) is 4.21. The van der Waals surface area contributed by atoms with Crippen LogP contribution in [-0.2, 0) is 15.0 Å². The molecule has 1 saturated heterocycles. The van der Waals surface area contributed by atoms with Crippen molar-refractivity contribution in [3.8, 4) is 0 Å². The van der Waals surface area contributed by atoms with E-state index in [1.165, 1.54) is 17.3 Å². The Hall–Kier alpha value is -1.70. The lowest BCUT2D eigenvalue weighted by atomic mass is 10.1. The Morgan fingerprint density at radius 2 is 2.28 bits per heavy atom. The molecule has 1 fully saturated rings. The Balaban J connectivity index is 2.18. The third-order valence-corrected chi connectivity index (χ3v) is 3.63. The van der Waals surface area contributed by atoms with Crippen LogP contribution >= 0.6 is 0 Å². The third kappa shape index (κ3) is 2.76. The minimum Gasteiger partial charge on any atom is -0.396 e. The van der Waals surface area contributed by atoms with Gasteiger partial charge in [0.05, 0.1) is 23.3 Å². The molecule has 1 aliphatic rings. The minimum atomic E-state index is -4.57. The summed E-state index contributed by atoms with van der Waals surface area (Å²) in [5.74, 6) is -1.44. The van der Waals surface area contributed by atoms with Crippen molar-refractivity contribution in [2.75, 3.05) is 22.9 Å². The van der Waals surface area contributed by atoms with Crippen molar-refractivity contribution in [2.24, 2.45) is 5.92 Å². The van der Waals surface area contributed by atoms with Crippen LogP contribution in [-0.4, -0.2) is 31.6 Å². The van der Waals surface area contributed by atoms with Gasteiger partial charge >= 0.3 is 10.2 Å². The van der Waals surface area contributed by atoms with Crippen LogP contribution < -0.4 is 10.6 Å². The van der Waals surface area contributed by atoms with E-state index in [9.17, 15) is 17.1 Å². The maximum absolute atomic E-state index is 12.6. The summed E-state index contributed by atoms with van der Waals surface area (Å²) in [6, 6.07) is 1.57. The number of amides is 1. The second kappa shape index (κ2) is 4.52. The van der Waals surface area contributed by atoms with Crippen LogP contribution in [0.15, 0.2) is 18.5 Å². The lowest BCUT2D eigenvalue weighted by molar-refractivity contribution is -0.117.